The van der Waals surface area contributed by atoms with Gasteiger partial charge in [0.2, 0.25) is 0 Å². The fourth-order valence-corrected chi connectivity index (χ4v) is 4.45. The molecule has 0 aliphatic carbocycles. The van der Waals surface area contributed by atoms with E-state index in [-0.39, 0.29) is 24.5 Å². The number of pyridine rings is 1. The van der Waals surface area contributed by atoms with Crippen LogP contribution >= 0.6 is 35.4 Å². The molecule has 3 aromatic rings. The van der Waals surface area contributed by atoms with E-state index in [9.17, 15) is 4.79 Å². The number of benzene rings is 1. The van der Waals surface area contributed by atoms with Crippen LogP contribution in [-0.2, 0) is 9.53 Å². The van der Waals surface area contributed by atoms with Gasteiger partial charge in [-0.15, -0.1) is 0 Å². The van der Waals surface area contributed by atoms with Crippen molar-refractivity contribution >= 4 is 46.5 Å². The van der Waals surface area contributed by atoms with Gasteiger partial charge in [0, 0.05) is 23.3 Å². The maximum atomic E-state index is 11.8. The smallest absolute Gasteiger partial charge is 0.307 e. The van der Waals surface area contributed by atoms with E-state index in [1.807, 2.05) is 41.3 Å². The van der Waals surface area contributed by atoms with E-state index in [1.54, 1.807) is 18.3 Å². The number of thiocarbonyl (C=S) groups is 1. The lowest BCUT2D eigenvalue weighted by Gasteiger charge is -2.25. The first kappa shape index (κ1) is 21.6. The molecule has 1 fully saturated rings. The average Bonchev–Trinajstić information content (AvgIpc) is 3.37. The lowest BCUT2D eigenvalue weighted by atomic mass is 10.0. The molecule has 3 heterocycles. The summed E-state index contributed by atoms with van der Waals surface area (Å²) in [5, 5.41) is 4.89. The van der Waals surface area contributed by atoms with Crippen LogP contribution in [-0.4, -0.2) is 34.6 Å². The molecule has 9 heteroatoms. The van der Waals surface area contributed by atoms with Gasteiger partial charge in [-0.2, -0.15) is 0 Å². The number of hydrogen-bond donors (Lipinski definition) is 1. The number of aromatic nitrogens is 1. The maximum absolute atomic E-state index is 11.8. The SMILES string of the molecule is COC(=O)CCN1C(=S)N[C@H](c2ccccn2)[C@@H]1c1ccc(-c2ccc(Cl)cc2Cl)o1. The van der Waals surface area contributed by atoms with Crippen LogP contribution in [0.15, 0.2) is 59.1 Å². The number of esters is 1. The zero-order valence-electron chi connectivity index (χ0n) is 16.5. The number of nitrogens with one attached hydrogen (secondary N) is 1. The van der Waals surface area contributed by atoms with Crippen molar-refractivity contribution in [2.45, 2.75) is 18.5 Å². The molecular weight excluding hydrogens is 457 g/mol. The van der Waals surface area contributed by atoms with E-state index < -0.39 is 0 Å². The van der Waals surface area contributed by atoms with Gasteiger partial charge in [-0.1, -0.05) is 29.3 Å². The summed E-state index contributed by atoms with van der Waals surface area (Å²) in [6.07, 6.45) is 1.93. The number of carbonyl (C=O) groups is 1. The van der Waals surface area contributed by atoms with Crippen molar-refractivity contribution in [2.75, 3.05) is 13.7 Å². The molecule has 2 aromatic heterocycles. The molecule has 1 aliphatic rings. The highest BCUT2D eigenvalue weighted by Gasteiger charge is 2.41. The summed E-state index contributed by atoms with van der Waals surface area (Å²) in [7, 11) is 1.37. The van der Waals surface area contributed by atoms with Gasteiger partial charge in [0.25, 0.3) is 0 Å². The van der Waals surface area contributed by atoms with Gasteiger partial charge in [0.05, 0.1) is 30.3 Å². The molecule has 0 unspecified atom stereocenters. The largest absolute Gasteiger partial charge is 0.469 e. The number of furan rings is 1. The van der Waals surface area contributed by atoms with Gasteiger partial charge >= 0.3 is 5.97 Å². The van der Waals surface area contributed by atoms with Gasteiger partial charge in [-0.05, 0) is 54.7 Å². The van der Waals surface area contributed by atoms with Crippen LogP contribution in [0, 0.1) is 0 Å². The summed E-state index contributed by atoms with van der Waals surface area (Å²) in [5.41, 5.74) is 1.55. The Kier molecular flexibility index (Phi) is 6.46. The van der Waals surface area contributed by atoms with Crippen molar-refractivity contribution < 1.29 is 13.9 Å². The first-order chi connectivity index (χ1) is 15.0. The second-order valence-electron chi connectivity index (χ2n) is 6.97. The Bertz CT molecular complexity index is 1110. The Balaban J connectivity index is 1.70. The molecule has 1 aromatic carbocycles. The highest BCUT2D eigenvalue weighted by atomic mass is 35.5. The lowest BCUT2D eigenvalue weighted by Crippen LogP contribution is -2.31. The van der Waals surface area contributed by atoms with Gasteiger partial charge in [-0.25, -0.2) is 0 Å². The van der Waals surface area contributed by atoms with Crippen molar-refractivity contribution in [3.05, 3.63) is 76.2 Å². The molecule has 0 amide bonds. The van der Waals surface area contributed by atoms with E-state index in [0.29, 0.717) is 33.2 Å². The molecule has 0 radical (unpaired) electrons. The molecule has 160 valence electrons. The minimum atomic E-state index is -0.309. The topological polar surface area (TPSA) is 67.6 Å². The Morgan fingerprint density at radius 3 is 2.81 bits per heavy atom. The summed E-state index contributed by atoms with van der Waals surface area (Å²) in [6, 6.07) is 14.2. The molecule has 0 bridgehead atoms. The number of carbonyl (C=O) groups excluding carboxylic acids is 1. The third-order valence-electron chi connectivity index (χ3n) is 5.10. The highest BCUT2D eigenvalue weighted by molar-refractivity contribution is 7.80. The molecule has 0 spiro atoms. The third-order valence-corrected chi connectivity index (χ3v) is 6.00. The second-order valence-corrected chi connectivity index (χ2v) is 8.20. The van der Waals surface area contributed by atoms with E-state index in [4.69, 9.17) is 44.6 Å². The molecule has 1 N–H and O–H groups in total. The van der Waals surface area contributed by atoms with E-state index in [1.165, 1.54) is 7.11 Å². The number of methoxy groups -OCH3 is 1. The van der Waals surface area contributed by atoms with Crippen LogP contribution in [0.2, 0.25) is 10.0 Å². The maximum Gasteiger partial charge on any atom is 0.307 e. The zero-order valence-corrected chi connectivity index (χ0v) is 18.9. The van der Waals surface area contributed by atoms with Crippen molar-refractivity contribution in [1.29, 1.82) is 0 Å². The van der Waals surface area contributed by atoms with Crippen LogP contribution in [0.5, 0.6) is 0 Å². The summed E-state index contributed by atoms with van der Waals surface area (Å²) >= 11 is 18.0. The fraction of sp³-hybridized carbons (Fsp3) is 0.227. The minimum absolute atomic E-state index is 0.195. The first-order valence-electron chi connectivity index (χ1n) is 9.58. The van der Waals surface area contributed by atoms with Crippen LogP contribution in [0.1, 0.15) is 30.0 Å². The predicted octanol–water partition coefficient (Wildman–Crippen LogP) is 5.18. The summed E-state index contributed by atoms with van der Waals surface area (Å²) < 4.78 is 11.0. The third kappa shape index (κ3) is 4.54. The number of rotatable bonds is 6. The molecule has 4 rings (SSSR count). The lowest BCUT2D eigenvalue weighted by molar-refractivity contribution is -0.140. The summed E-state index contributed by atoms with van der Waals surface area (Å²) in [6.45, 7) is 0.379. The number of nitrogens with zero attached hydrogens (tertiary/aromatic N) is 2. The minimum Gasteiger partial charge on any atom is -0.469 e. The Hall–Kier alpha value is -2.61. The Morgan fingerprint density at radius 1 is 1.26 bits per heavy atom. The van der Waals surface area contributed by atoms with Gasteiger partial charge in [0.1, 0.15) is 17.6 Å². The standard InChI is InChI=1S/C22H19Cl2N3O3S/c1-29-19(28)9-11-27-21(20(26-22(27)31)16-4-2-3-10-25-16)18-8-7-17(30-18)14-6-5-13(23)12-15(14)24/h2-8,10,12,20-21H,9,11H2,1H3,(H,26,31)/t20-,21+/m1/s1. The van der Waals surface area contributed by atoms with Crippen LogP contribution < -0.4 is 5.32 Å². The van der Waals surface area contributed by atoms with Crippen molar-refractivity contribution in [1.82, 2.24) is 15.2 Å². The predicted molar refractivity (Wildman–Crippen MR) is 123 cm³/mol. The monoisotopic (exact) mass is 475 g/mol. The number of halogens is 2. The van der Waals surface area contributed by atoms with Crippen LogP contribution in [0.25, 0.3) is 11.3 Å². The van der Waals surface area contributed by atoms with Gasteiger partial charge in [0.15, 0.2) is 5.11 Å². The average molecular weight is 476 g/mol. The summed E-state index contributed by atoms with van der Waals surface area (Å²) in [5.74, 6) is 0.979. The molecular formula is C22H19Cl2N3O3S. The molecule has 1 aliphatic heterocycles. The van der Waals surface area contributed by atoms with E-state index in [0.717, 1.165) is 11.3 Å². The zero-order chi connectivity index (χ0) is 22.0. The molecule has 1 saturated heterocycles. The van der Waals surface area contributed by atoms with Crippen molar-refractivity contribution in [3.8, 4) is 11.3 Å². The van der Waals surface area contributed by atoms with Crippen molar-refractivity contribution in [3.63, 3.8) is 0 Å². The van der Waals surface area contributed by atoms with E-state index >= 15 is 0 Å². The molecule has 6 nitrogen and oxygen atoms in total. The quantitative estimate of drug-likeness (QED) is 0.388. The van der Waals surface area contributed by atoms with Crippen molar-refractivity contribution in [2.24, 2.45) is 0 Å². The molecule has 2 atom stereocenters. The molecule has 31 heavy (non-hydrogen) atoms. The van der Waals surface area contributed by atoms with E-state index in [2.05, 4.69) is 10.3 Å². The van der Waals surface area contributed by atoms with Crippen LogP contribution in [0.4, 0.5) is 0 Å². The Morgan fingerprint density at radius 2 is 2.10 bits per heavy atom. The summed E-state index contributed by atoms with van der Waals surface area (Å²) in [4.78, 5) is 18.2. The van der Waals surface area contributed by atoms with Gasteiger partial charge in [-0.3, -0.25) is 9.78 Å². The number of ether oxygens (including phenoxy) is 1. The molecule has 0 saturated carbocycles. The van der Waals surface area contributed by atoms with Gasteiger partial charge < -0.3 is 19.4 Å². The fourth-order valence-electron chi connectivity index (χ4n) is 3.61. The van der Waals surface area contributed by atoms with Crippen LogP contribution in [0.3, 0.4) is 0 Å². The normalized spacial score (nSPS) is 18.2. The Labute approximate surface area is 195 Å². The number of hydrogen-bond acceptors (Lipinski definition) is 5. The first-order valence-corrected chi connectivity index (χ1v) is 10.7. The highest BCUT2D eigenvalue weighted by Crippen LogP contribution is 2.41. The second kappa shape index (κ2) is 9.26.